The van der Waals surface area contributed by atoms with E-state index in [1.54, 1.807) is 12.1 Å². The van der Waals surface area contributed by atoms with Crippen LogP contribution in [0.2, 0.25) is 0 Å². The maximum absolute atomic E-state index is 10.8. The predicted molar refractivity (Wildman–Crippen MR) is 82.9 cm³/mol. The van der Waals surface area contributed by atoms with Crippen molar-refractivity contribution in [2.45, 2.75) is 17.9 Å². The second kappa shape index (κ2) is 5.48. The molecule has 0 saturated heterocycles. The molecule has 108 valence electrons. The topological polar surface area (TPSA) is 66.4 Å². The molecule has 0 radical (unpaired) electrons. The van der Waals surface area contributed by atoms with Crippen LogP contribution in [0.25, 0.3) is 0 Å². The molecule has 21 heavy (non-hydrogen) atoms. The van der Waals surface area contributed by atoms with Gasteiger partial charge in [-0.15, -0.1) is 0 Å². The van der Waals surface area contributed by atoms with Crippen LogP contribution in [0.4, 0.5) is 0 Å². The molecule has 2 atom stereocenters. The summed E-state index contributed by atoms with van der Waals surface area (Å²) < 4.78 is 12.3. The molecule has 2 heterocycles. The summed E-state index contributed by atoms with van der Waals surface area (Å²) in [4.78, 5) is 0. The van der Waals surface area contributed by atoms with Crippen molar-refractivity contribution in [1.29, 1.82) is 5.26 Å². The van der Waals surface area contributed by atoms with Crippen molar-refractivity contribution in [3.8, 4) is 11.8 Å². The van der Waals surface area contributed by atoms with Crippen LogP contribution in [-0.2, 0) is 5.41 Å². The molecule has 1 aliphatic rings. The fourth-order valence-corrected chi connectivity index (χ4v) is 3.23. The molecular formula is C15H11Br2NO3. The Balaban J connectivity index is 2.12. The molecule has 1 aromatic carbocycles. The molecule has 0 saturated carbocycles. The summed E-state index contributed by atoms with van der Waals surface area (Å²) in [5.74, 6) is 0.973. The number of fused-ring (bicyclic) bond motifs is 1. The number of ether oxygens (including phenoxy) is 1. The molecule has 4 nitrogen and oxygen atoms in total. The zero-order chi connectivity index (χ0) is 15.0. The van der Waals surface area contributed by atoms with Crippen molar-refractivity contribution in [1.82, 2.24) is 0 Å². The number of rotatable bonds is 2. The van der Waals surface area contributed by atoms with Crippen LogP contribution < -0.4 is 4.74 Å². The highest BCUT2D eigenvalue weighted by Gasteiger charge is 2.46. The summed E-state index contributed by atoms with van der Waals surface area (Å²) in [7, 11) is 0. The normalized spacial score (nSPS) is 22.0. The molecule has 0 bridgehead atoms. The average Bonchev–Trinajstić information content (AvgIpc) is 2.85. The van der Waals surface area contributed by atoms with Crippen molar-refractivity contribution in [2.75, 3.05) is 6.61 Å². The third-order valence-corrected chi connectivity index (χ3v) is 5.43. The Morgan fingerprint density at radius 2 is 2.10 bits per heavy atom. The molecule has 0 spiro atoms. The molecule has 2 aromatic rings. The van der Waals surface area contributed by atoms with Gasteiger partial charge in [0.05, 0.1) is 17.1 Å². The highest BCUT2D eigenvalue weighted by atomic mass is 79.9. The number of hydrogen-bond donors (Lipinski definition) is 1. The lowest BCUT2D eigenvalue weighted by atomic mass is 9.72. The number of para-hydroxylation sites is 1. The van der Waals surface area contributed by atoms with Crippen LogP contribution in [0.1, 0.15) is 23.8 Å². The van der Waals surface area contributed by atoms with E-state index >= 15 is 0 Å². The van der Waals surface area contributed by atoms with Gasteiger partial charge < -0.3 is 14.3 Å². The summed E-state index contributed by atoms with van der Waals surface area (Å²) in [5, 5.41) is 20.5. The van der Waals surface area contributed by atoms with Crippen molar-refractivity contribution < 1.29 is 14.3 Å². The first kappa shape index (κ1) is 14.6. The van der Waals surface area contributed by atoms with Gasteiger partial charge in [0, 0.05) is 12.0 Å². The molecular weight excluding hydrogens is 402 g/mol. The fraction of sp³-hybridized carbons (Fsp3) is 0.267. The molecule has 1 aromatic heterocycles. The van der Waals surface area contributed by atoms with E-state index in [-0.39, 0.29) is 0 Å². The molecule has 3 rings (SSSR count). The summed E-state index contributed by atoms with van der Waals surface area (Å²) in [6.45, 7) is 0.380. The summed E-state index contributed by atoms with van der Waals surface area (Å²) in [6.07, 6.45) is -0.674. The largest absolute Gasteiger partial charge is 0.493 e. The second-order valence-corrected chi connectivity index (χ2v) is 6.43. The third kappa shape index (κ3) is 2.30. The Kier molecular flexibility index (Phi) is 3.82. The van der Waals surface area contributed by atoms with Crippen LogP contribution in [0.3, 0.4) is 0 Å². The van der Waals surface area contributed by atoms with Gasteiger partial charge in [-0.2, -0.15) is 5.26 Å². The van der Waals surface area contributed by atoms with E-state index in [1.165, 1.54) is 0 Å². The van der Waals surface area contributed by atoms with E-state index in [0.29, 0.717) is 39.2 Å². The van der Waals surface area contributed by atoms with Crippen LogP contribution >= 0.6 is 31.9 Å². The van der Waals surface area contributed by atoms with Gasteiger partial charge in [-0.05, 0) is 44.0 Å². The lowest BCUT2D eigenvalue weighted by Gasteiger charge is -2.35. The van der Waals surface area contributed by atoms with Crippen LogP contribution in [-0.4, -0.2) is 11.7 Å². The average molecular weight is 413 g/mol. The Morgan fingerprint density at radius 3 is 2.76 bits per heavy atom. The number of benzene rings is 1. The van der Waals surface area contributed by atoms with Gasteiger partial charge in [-0.1, -0.05) is 18.2 Å². The number of nitriles is 1. The van der Waals surface area contributed by atoms with Gasteiger partial charge in [-0.25, -0.2) is 0 Å². The zero-order valence-corrected chi connectivity index (χ0v) is 14.0. The zero-order valence-electron chi connectivity index (χ0n) is 10.8. The molecule has 2 unspecified atom stereocenters. The molecule has 0 fully saturated rings. The Hall–Kier alpha value is -1.29. The smallest absolute Gasteiger partial charge is 0.183 e. The van der Waals surface area contributed by atoms with Gasteiger partial charge >= 0.3 is 0 Å². The van der Waals surface area contributed by atoms with E-state index in [1.807, 2.05) is 18.2 Å². The van der Waals surface area contributed by atoms with E-state index < -0.39 is 11.5 Å². The third-order valence-electron chi connectivity index (χ3n) is 3.72. The second-order valence-electron chi connectivity index (χ2n) is 4.85. The number of nitrogens with zero attached hydrogens (tertiary/aromatic N) is 1. The lowest BCUT2D eigenvalue weighted by Crippen LogP contribution is -2.37. The number of hydrogen-bond acceptors (Lipinski definition) is 4. The van der Waals surface area contributed by atoms with Crippen LogP contribution in [0, 0.1) is 11.3 Å². The van der Waals surface area contributed by atoms with E-state index in [2.05, 4.69) is 37.9 Å². The van der Waals surface area contributed by atoms with Gasteiger partial charge in [0.25, 0.3) is 0 Å². The number of aliphatic hydroxyl groups excluding tert-OH is 1. The van der Waals surface area contributed by atoms with E-state index in [0.717, 1.165) is 0 Å². The Morgan fingerprint density at radius 1 is 1.33 bits per heavy atom. The van der Waals surface area contributed by atoms with Crippen molar-refractivity contribution >= 4 is 31.9 Å². The summed E-state index contributed by atoms with van der Waals surface area (Å²) in [6, 6.07) is 11.3. The Labute approximate surface area is 138 Å². The minimum atomic E-state index is -1.08. The highest BCUT2D eigenvalue weighted by Crippen LogP contribution is 2.47. The molecule has 6 heteroatoms. The number of aliphatic hydroxyl groups is 1. The molecule has 1 aliphatic heterocycles. The fourth-order valence-electron chi connectivity index (χ4n) is 2.62. The minimum absolute atomic E-state index is 0.340. The predicted octanol–water partition coefficient (Wildman–Crippen LogP) is 4.08. The highest BCUT2D eigenvalue weighted by molar-refractivity contribution is 9.13. The minimum Gasteiger partial charge on any atom is -0.493 e. The first-order valence-electron chi connectivity index (χ1n) is 6.35. The summed E-state index contributed by atoms with van der Waals surface area (Å²) >= 11 is 6.57. The molecule has 1 N–H and O–H groups in total. The van der Waals surface area contributed by atoms with Gasteiger partial charge in [0.2, 0.25) is 0 Å². The maximum atomic E-state index is 10.8. The molecule has 0 amide bonds. The van der Waals surface area contributed by atoms with Crippen LogP contribution in [0.5, 0.6) is 5.75 Å². The van der Waals surface area contributed by atoms with Crippen molar-refractivity contribution in [3.63, 3.8) is 0 Å². The molecule has 0 aliphatic carbocycles. The first-order chi connectivity index (χ1) is 10.1. The number of halogens is 2. The monoisotopic (exact) mass is 411 g/mol. The standard InChI is InChI=1S/C15H11Br2NO3/c16-10-7-12(21-14(10)17)13(19)15(8-18)5-6-20-11-4-2-1-3-9(11)15/h1-4,7,13,19H,5-6H2. The SMILES string of the molecule is N#CC1(C(O)c2cc(Br)c(Br)o2)CCOc2ccccc21. The van der Waals surface area contributed by atoms with Gasteiger partial charge in [-0.3, -0.25) is 0 Å². The first-order valence-corrected chi connectivity index (χ1v) is 7.93. The van der Waals surface area contributed by atoms with Crippen molar-refractivity contribution in [2.24, 2.45) is 0 Å². The number of furan rings is 1. The van der Waals surface area contributed by atoms with E-state index in [9.17, 15) is 10.4 Å². The van der Waals surface area contributed by atoms with Crippen LogP contribution in [0.15, 0.2) is 43.9 Å². The lowest BCUT2D eigenvalue weighted by molar-refractivity contribution is 0.0620. The summed E-state index contributed by atoms with van der Waals surface area (Å²) in [5.41, 5.74) is -0.388. The van der Waals surface area contributed by atoms with E-state index in [4.69, 9.17) is 9.15 Å². The van der Waals surface area contributed by atoms with Gasteiger partial charge in [0.15, 0.2) is 4.67 Å². The van der Waals surface area contributed by atoms with Gasteiger partial charge in [0.1, 0.15) is 23.0 Å². The van der Waals surface area contributed by atoms with Crippen molar-refractivity contribution in [3.05, 3.63) is 50.8 Å². The quantitative estimate of drug-likeness (QED) is 0.806. The Bertz CT molecular complexity index is 702. The maximum Gasteiger partial charge on any atom is 0.183 e.